The van der Waals surface area contributed by atoms with Crippen molar-refractivity contribution in [2.24, 2.45) is 0 Å². The normalized spacial score (nSPS) is 13.4. The van der Waals surface area contributed by atoms with Crippen molar-refractivity contribution in [1.82, 2.24) is 0 Å². The van der Waals surface area contributed by atoms with Gasteiger partial charge in [-0.25, -0.2) is 0 Å². The van der Waals surface area contributed by atoms with Crippen LogP contribution in [0.1, 0.15) is 22.3 Å². The van der Waals surface area contributed by atoms with Crippen molar-refractivity contribution < 1.29 is 9.47 Å². The van der Waals surface area contributed by atoms with Crippen LogP contribution in [0.3, 0.4) is 0 Å². The Bertz CT molecular complexity index is 1680. The highest BCUT2D eigenvalue weighted by Crippen LogP contribution is 2.56. The highest BCUT2D eigenvalue weighted by Gasteiger charge is 2.46. The summed E-state index contributed by atoms with van der Waals surface area (Å²) in [5.74, 6) is 1.78. The lowest BCUT2D eigenvalue weighted by Crippen LogP contribution is -2.28. The number of methoxy groups -OCH3 is 2. The molecule has 178 valence electrons. The summed E-state index contributed by atoms with van der Waals surface area (Å²) in [6.07, 6.45) is 0. The van der Waals surface area contributed by atoms with Crippen molar-refractivity contribution in [3.8, 4) is 22.6 Å². The fourth-order valence-electron chi connectivity index (χ4n) is 6.35. The number of fused-ring (bicyclic) bond motifs is 5. The van der Waals surface area contributed by atoms with Crippen LogP contribution in [0.25, 0.3) is 32.7 Å². The lowest BCUT2D eigenvalue weighted by Gasteiger charge is -2.34. The molecule has 0 heterocycles. The van der Waals surface area contributed by atoms with Gasteiger partial charge in [0.05, 0.1) is 19.6 Å². The molecule has 6 aromatic rings. The fraction of sp³-hybridized carbons (Fsp3) is 0.0857. The molecule has 6 aromatic carbocycles. The van der Waals surface area contributed by atoms with E-state index in [0.29, 0.717) is 0 Å². The Balaban J connectivity index is 1.61. The molecule has 0 saturated heterocycles. The van der Waals surface area contributed by atoms with Crippen LogP contribution in [0.5, 0.6) is 11.5 Å². The van der Waals surface area contributed by atoms with Gasteiger partial charge in [-0.1, -0.05) is 97.1 Å². The highest BCUT2D eigenvalue weighted by molar-refractivity contribution is 5.94. The quantitative estimate of drug-likeness (QED) is 0.253. The van der Waals surface area contributed by atoms with E-state index in [9.17, 15) is 0 Å². The van der Waals surface area contributed by atoms with E-state index in [1.807, 2.05) is 12.1 Å². The lowest BCUT2D eigenvalue weighted by atomic mass is 9.67. The first-order valence-electron chi connectivity index (χ1n) is 12.6. The second kappa shape index (κ2) is 8.25. The molecular weight excluding hydrogens is 452 g/mol. The Morgan fingerprint density at radius 1 is 0.459 bits per heavy atom. The van der Waals surface area contributed by atoms with Crippen LogP contribution in [0.15, 0.2) is 121 Å². The van der Waals surface area contributed by atoms with E-state index >= 15 is 0 Å². The number of hydrogen-bond acceptors (Lipinski definition) is 2. The predicted molar refractivity (Wildman–Crippen MR) is 152 cm³/mol. The number of ether oxygens (including phenoxy) is 2. The molecule has 2 heteroatoms. The summed E-state index contributed by atoms with van der Waals surface area (Å²) < 4.78 is 11.3. The van der Waals surface area contributed by atoms with E-state index in [4.69, 9.17) is 9.47 Å². The molecule has 0 amide bonds. The molecule has 0 aliphatic heterocycles. The molecule has 0 saturated carbocycles. The molecule has 1 aliphatic rings. The van der Waals surface area contributed by atoms with E-state index < -0.39 is 5.41 Å². The van der Waals surface area contributed by atoms with Crippen molar-refractivity contribution in [2.45, 2.75) is 5.41 Å². The summed E-state index contributed by atoms with van der Waals surface area (Å²) in [6, 6.07) is 43.9. The van der Waals surface area contributed by atoms with Gasteiger partial charge in [0.2, 0.25) is 0 Å². The Kier molecular flexibility index (Phi) is 4.84. The minimum Gasteiger partial charge on any atom is -0.496 e. The highest BCUT2D eigenvalue weighted by atomic mass is 16.5. The SMILES string of the molecule is COc1cccc2cc(C3(c4ccc5c(OC)cccc5c4)c4ccccc4-c4ccccc43)ccc12. The molecule has 0 unspecified atom stereocenters. The third-order valence-corrected chi connectivity index (χ3v) is 7.94. The molecule has 0 radical (unpaired) electrons. The second-order valence-corrected chi connectivity index (χ2v) is 9.63. The van der Waals surface area contributed by atoms with Gasteiger partial charge >= 0.3 is 0 Å². The molecule has 2 nitrogen and oxygen atoms in total. The van der Waals surface area contributed by atoms with Crippen LogP contribution in [-0.2, 0) is 5.41 Å². The molecule has 0 atom stereocenters. The summed E-state index contributed by atoms with van der Waals surface area (Å²) in [5.41, 5.74) is 7.22. The minimum absolute atomic E-state index is 0.457. The molecule has 37 heavy (non-hydrogen) atoms. The first-order chi connectivity index (χ1) is 18.3. The van der Waals surface area contributed by atoms with Gasteiger partial charge < -0.3 is 9.47 Å². The van der Waals surface area contributed by atoms with Gasteiger partial charge in [-0.05, 0) is 68.4 Å². The van der Waals surface area contributed by atoms with Crippen LogP contribution in [0.4, 0.5) is 0 Å². The topological polar surface area (TPSA) is 18.5 Å². The summed E-state index contributed by atoms with van der Waals surface area (Å²) in [5, 5.41) is 4.57. The lowest BCUT2D eigenvalue weighted by molar-refractivity contribution is 0.419. The van der Waals surface area contributed by atoms with Gasteiger partial charge in [0.1, 0.15) is 11.5 Å². The number of benzene rings is 6. The summed E-state index contributed by atoms with van der Waals surface area (Å²) in [6.45, 7) is 0. The van der Waals surface area contributed by atoms with Crippen molar-refractivity contribution in [3.63, 3.8) is 0 Å². The first kappa shape index (κ1) is 21.7. The predicted octanol–water partition coefficient (Wildman–Crippen LogP) is 8.37. The van der Waals surface area contributed by atoms with E-state index in [-0.39, 0.29) is 0 Å². The standard InChI is InChI=1S/C35H26O2/c1-36-33-15-7-9-23-21-25(17-19-27(23)33)35(26-18-20-28-24(22-26)10-8-16-34(28)37-2)31-13-5-3-11-29(31)30-12-4-6-14-32(30)35/h3-22H,1-2H3. The molecule has 0 aromatic heterocycles. The van der Waals surface area contributed by atoms with Crippen LogP contribution in [-0.4, -0.2) is 14.2 Å². The Hall–Kier alpha value is -4.56. The average molecular weight is 479 g/mol. The van der Waals surface area contributed by atoms with E-state index in [1.54, 1.807) is 14.2 Å². The molecular formula is C35H26O2. The second-order valence-electron chi connectivity index (χ2n) is 9.63. The van der Waals surface area contributed by atoms with Gasteiger partial charge in [0.15, 0.2) is 0 Å². The van der Waals surface area contributed by atoms with Gasteiger partial charge in [0.25, 0.3) is 0 Å². The largest absolute Gasteiger partial charge is 0.496 e. The number of hydrogen-bond donors (Lipinski definition) is 0. The van der Waals surface area contributed by atoms with Gasteiger partial charge in [0, 0.05) is 10.8 Å². The molecule has 7 rings (SSSR count). The van der Waals surface area contributed by atoms with Crippen molar-refractivity contribution >= 4 is 21.5 Å². The maximum absolute atomic E-state index is 5.67. The van der Waals surface area contributed by atoms with Gasteiger partial charge in [-0.15, -0.1) is 0 Å². The molecule has 0 spiro atoms. The van der Waals surface area contributed by atoms with Crippen LogP contribution in [0.2, 0.25) is 0 Å². The van der Waals surface area contributed by atoms with Crippen molar-refractivity contribution in [2.75, 3.05) is 14.2 Å². The number of rotatable bonds is 4. The van der Waals surface area contributed by atoms with E-state index in [2.05, 4.69) is 109 Å². The van der Waals surface area contributed by atoms with Crippen LogP contribution >= 0.6 is 0 Å². The maximum Gasteiger partial charge on any atom is 0.126 e. The minimum atomic E-state index is -0.457. The van der Waals surface area contributed by atoms with E-state index in [0.717, 1.165) is 22.3 Å². The zero-order chi connectivity index (χ0) is 25.0. The van der Waals surface area contributed by atoms with Crippen LogP contribution in [0, 0.1) is 0 Å². The Labute approximate surface area is 216 Å². The van der Waals surface area contributed by atoms with Crippen molar-refractivity contribution in [1.29, 1.82) is 0 Å². The smallest absolute Gasteiger partial charge is 0.126 e. The monoisotopic (exact) mass is 478 g/mol. The zero-order valence-electron chi connectivity index (χ0n) is 20.9. The van der Waals surface area contributed by atoms with Gasteiger partial charge in [-0.2, -0.15) is 0 Å². The van der Waals surface area contributed by atoms with Crippen molar-refractivity contribution in [3.05, 3.63) is 144 Å². The average Bonchev–Trinajstić information content (AvgIpc) is 3.27. The summed E-state index contributed by atoms with van der Waals surface area (Å²) >= 11 is 0. The first-order valence-corrected chi connectivity index (χ1v) is 12.6. The zero-order valence-corrected chi connectivity index (χ0v) is 20.9. The Morgan fingerprint density at radius 3 is 1.38 bits per heavy atom. The molecule has 0 N–H and O–H groups in total. The maximum atomic E-state index is 5.67. The molecule has 0 bridgehead atoms. The molecule has 0 fully saturated rings. The fourth-order valence-corrected chi connectivity index (χ4v) is 6.35. The Morgan fingerprint density at radius 2 is 0.919 bits per heavy atom. The third-order valence-electron chi connectivity index (χ3n) is 7.94. The summed E-state index contributed by atoms with van der Waals surface area (Å²) in [7, 11) is 3.47. The van der Waals surface area contributed by atoms with Crippen LogP contribution < -0.4 is 9.47 Å². The summed E-state index contributed by atoms with van der Waals surface area (Å²) in [4.78, 5) is 0. The third kappa shape index (κ3) is 2.99. The van der Waals surface area contributed by atoms with E-state index in [1.165, 1.54) is 44.2 Å². The van der Waals surface area contributed by atoms with Gasteiger partial charge in [-0.3, -0.25) is 0 Å². The molecule has 1 aliphatic carbocycles.